The molecule has 10 heteroatoms. The molecule has 0 radical (unpaired) electrons. The van der Waals surface area contributed by atoms with Gasteiger partial charge in [-0.1, -0.05) is 46.4 Å². The van der Waals surface area contributed by atoms with E-state index in [1.807, 2.05) is 0 Å². The van der Waals surface area contributed by atoms with Crippen molar-refractivity contribution in [3.05, 3.63) is 60.5 Å². The van der Waals surface area contributed by atoms with Crippen molar-refractivity contribution < 1.29 is 14.5 Å². The molecule has 1 N–H and O–H groups in total. The number of halogens is 4. The van der Waals surface area contributed by atoms with Gasteiger partial charge in [0.15, 0.2) is 0 Å². The van der Waals surface area contributed by atoms with Crippen LogP contribution in [-0.2, 0) is 0 Å². The number of nitrogens with one attached hydrogen (secondary N) is 1. The molecule has 0 aliphatic heterocycles. The Morgan fingerprint density at radius 2 is 1.70 bits per heavy atom. The summed E-state index contributed by atoms with van der Waals surface area (Å²) >= 11 is 23.1. The van der Waals surface area contributed by atoms with Gasteiger partial charge in [0.1, 0.15) is 5.02 Å². The van der Waals surface area contributed by atoms with E-state index in [9.17, 15) is 14.9 Å². The lowest BCUT2D eigenvalue weighted by Gasteiger charge is -2.10. The van der Waals surface area contributed by atoms with Crippen molar-refractivity contribution in [3.8, 4) is 5.75 Å². The second-order valence-corrected chi connectivity index (χ2v) is 5.74. The fourth-order valence-electron chi connectivity index (χ4n) is 1.60. The second-order valence-electron chi connectivity index (χ2n) is 4.11. The first-order chi connectivity index (χ1) is 10.8. The number of hydrogen-bond donors (Lipinski definition) is 1. The van der Waals surface area contributed by atoms with Crippen molar-refractivity contribution in [3.63, 3.8) is 0 Å². The maximum atomic E-state index is 11.9. The van der Waals surface area contributed by atoms with Crippen LogP contribution in [0.15, 0.2) is 30.3 Å². The predicted octanol–water partition coefficient (Wildman–Crippen LogP) is 5.82. The summed E-state index contributed by atoms with van der Waals surface area (Å²) in [5, 5.41) is 13.2. The van der Waals surface area contributed by atoms with Crippen LogP contribution in [0.1, 0.15) is 0 Å². The molecule has 23 heavy (non-hydrogen) atoms. The third-order valence-electron chi connectivity index (χ3n) is 2.57. The molecule has 2 rings (SSSR count). The van der Waals surface area contributed by atoms with E-state index < -0.39 is 22.5 Å². The smallest absolute Gasteiger partial charge is 0.401 e. The van der Waals surface area contributed by atoms with E-state index in [0.717, 1.165) is 6.07 Å². The molecule has 0 aliphatic rings. The number of nitrogens with zero attached hydrogens (tertiary/aromatic N) is 1. The Bertz CT molecular complexity index is 781. The SMILES string of the molecule is O=C(Nc1ccc(Cl)cc1)Oc1c(Cl)cc(Cl)c(Cl)c1[N+](=O)[O-]. The fraction of sp³-hybridized carbons (Fsp3) is 0. The molecule has 0 atom stereocenters. The van der Waals surface area contributed by atoms with Gasteiger partial charge in [-0.15, -0.1) is 0 Å². The third-order valence-corrected chi connectivity index (χ3v) is 3.88. The normalized spacial score (nSPS) is 10.3. The Morgan fingerprint density at radius 1 is 1.09 bits per heavy atom. The molecule has 1 amide bonds. The molecule has 0 saturated carbocycles. The van der Waals surface area contributed by atoms with E-state index in [0.29, 0.717) is 10.7 Å². The molecular formula is C13H6Cl4N2O4. The van der Waals surface area contributed by atoms with Crippen LogP contribution < -0.4 is 10.1 Å². The van der Waals surface area contributed by atoms with Gasteiger partial charge in [0.2, 0.25) is 5.75 Å². The van der Waals surface area contributed by atoms with E-state index in [1.54, 1.807) is 12.1 Å². The third kappa shape index (κ3) is 4.17. The van der Waals surface area contributed by atoms with Crippen LogP contribution in [0.3, 0.4) is 0 Å². The van der Waals surface area contributed by atoms with Gasteiger partial charge in [-0.05, 0) is 30.3 Å². The Labute approximate surface area is 150 Å². The van der Waals surface area contributed by atoms with Crippen molar-refractivity contribution in [2.45, 2.75) is 0 Å². The van der Waals surface area contributed by atoms with E-state index in [4.69, 9.17) is 51.1 Å². The van der Waals surface area contributed by atoms with E-state index >= 15 is 0 Å². The molecule has 2 aromatic rings. The maximum Gasteiger partial charge on any atom is 0.417 e. The molecule has 0 saturated heterocycles. The summed E-state index contributed by atoms with van der Waals surface area (Å²) in [6.07, 6.45) is -0.990. The summed E-state index contributed by atoms with van der Waals surface area (Å²) in [6, 6.07) is 7.28. The Morgan fingerprint density at radius 3 is 2.26 bits per heavy atom. The second kappa shape index (κ2) is 7.23. The number of carbonyl (C=O) groups is 1. The molecule has 0 heterocycles. The van der Waals surface area contributed by atoms with Crippen LogP contribution in [0, 0.1) is 10.1 Å². The Balaban J connectivity index is 2.29. The van der Waals surface area contributed by atoms with Crippen molar-refractivity contribution in [1.29, 1.82) is 0 Å². The summed E-state index contributed by atoms with van der Waals surface area (Å²) < 4.78 is 4.91. The van der Waals surface area contributed by atoms with Crippen LogP contribution in [0.2, 0.25) is 20.1 Å². The number of hydrogen-bond acceptors (Lipinski definition) is 4. The maximum absolute atomic E-state index is 11.9. The van der Waals surface area contributed by atoms with Gasteiger partial charge < -0.3 is 4.74 Å². The molecule has 120 valence electrons. The summed E-state index contributed by atoms with van der Waals surface area (Å²) in [6.45, 7) is 0. The van der Waals surface area contributed by atoms with Gasteiger partial charge >= 0.3 is 11.8 Å². The number of carbonyl (C=O) groups excluding carboxylic acids is 1. The lowest BCUT2D eigenvalue weighted by molar-refractivity contribution is -0.385. The van der Waals surface area contributed by atoms with E-state index in [-0.39, 0.29) is 15.1 Å². The van der Waals surface area contributed by atoms with E-state index in [2.05, 4.69) is 5.32 Å². The predicted molar refractivity (Wildman–Crippen MR) is 89.2 cm³/mol. The number of nitro benzene ring substituents is 1. The zero-order chi connectivity index (χ0) is 17.1. The molecule has 0 fully saturated rings. The Kier molecular flexibility index (Phi) is 5.54. The minimum atomic E-state index is -0.990. The first-order valence-electron chi connectivity index (χ1n) is 5.86. The highest BCUT2D eigenvalue weighted by atomic mass is 35.5. The molecule has 0 aliphatic carbocycles. The quantitative estimate of drug-likeness (QED) is 0.403. The molecular weight excluding hydrogens is 390 g/mol. The number of nitro groups is 1. The highest BCUT2D eigenvalue weighted by Gasteiger charge is 2.28. The number of rotatable bonds is 3. The largest absolute Gasteiger partial charge is 0.417 e. The molecule has 0 spiro atoms. The van der Waals surface area contributed by atoms with Gasteiger partial charge in [0.25, 0.3) is 0 Å². The average Bonchev–Trinajstić information content (AvgIpc) is 2.47. The molecule has 0 aromatic heterocycles. The number of amides is 1. The average molecular weight is 396 g/mol. The summed E-state index contributed by atoms with van der Waals surface area (Å²) in [5.41, 5.74) is -0.325. The van der Waals surface area contributed by atoms with Crippen molar-refractivity contribution in [2.75, 3.05) is 5.32 Å². The summed E-state index contributed by atoms with van der Waals surface area (Å²) in [7, 11) is 0. The summed E-state index contributed by atoms with van der Waals surface area (Å²) in [5.74, 6) is -0.502. The molecule has 0 unspecified atom stereocenters. The van der Waals surface area contributed by atoms with Crippen LogP contribution in [-0.4, -0.2) is 11.0 Å². The minimum Gasteiger partial charge on any atom is -0.401 e. The zero-order valence-corrected chi connectivity index (χ0v) is 14.0. The highest BCUT2D eigenvalue weighted by molar-refractivity contribution is 6.45. The molecule has 2 aromatic carbocycles. The van der Waals surface area contributed by atoms with Crippen LogP contribution in [0.25, 0.3) is 0 Å². The number of anilines is 1. The monoisotopic (exact) mass is 394 g/mol. The highest BCUT2D eigenvalue weighted by Crippen LogP contribution is 2.44. The molecule has 6 nitrogen and oxygen atoms in total. The van der Waals surface area contributed by atoms with Gasteiger partial charge in [0.05, 0.1) is 15.0 Å². The topological polar surface area (TPSA) is 81.5 Å². The van der Waals surface area contributed by atoms with Crippen LogP contribution >= 0.6 is 46.4 Å². The van der Waals surface area contributed by atoms with Crippen LogP contribution in [0.4, 0.5) is 16.2 Å². The van der Waals surface area contributed by atoms with Crippen molar-refractivity contribution >= 4 is 63.9 Å². The van der Waals surface area contributed by atoms with Gasteiger partial charge in [-0.3, -0.25) is 15.4 Å². The zero-order valence-electron chi connectivity index (χ0n) is 11.0. The van der Waals surface area contributed by atoms with Gasteiger partial charge in [-0.25, -0.2) is 4.79 Å². The summed E-state index contributed by atoms with van der Waals surface area (Å²) in [4.78, 5) is 22.1. The standard InChI is InChI=1S/C13H6Cl4N2O4/c14-6-1-3-7(4-2-6)18-13(20)23-12-9(16)5-8(15)10(17)11(12)19(21)22/h1-5H,(H,18,20). The van der Waals surface area contributed by atoms with Gasteiger partial charge in [-0.2, -0.15) is 0 Å². The lowest BCUT2D eigenvalue weighted by atomic mass is 10.3. The minimum absolute atomic E-state index is 0.131. The first kappa shape index (κ1) is 17.6. The van der Waals surface area contributed by atoms with Gasteiger partial charge in [0, 0.05) is 10.7 Å². The Hall–Kier alpha value is -1.73. The van der Waals surface area contributed by atoms with Crippen molar-refractivity contribution in [1.82, 2.24) is 0 Å². The number of ether oxygens (including phenoxy) is 1. The fourth-order valence-corrected chi connectivity index (χ4v) is 2.42. The number of benzene rings is 2. The van der Waals surface area contributed by atoms with Crippen molar-refractivity contribution in [2.24, 2.45) is 0 Å². The van der Waals surface area contributed by atoms with E-state index in [1.165, 1.54) is 12.1 Å². The molecule has 0 bridgehead atoms. The first-order valence-corrected chi connectivity index (χ1v) is 7.37. The lowest BCUT2D eigenvalue weighted by Crippen LogP contribution is -2.17. The van der Waals surface area contributed by atoms with Crippen LogP contribution in [0.5, 0.6) is 5.75 Å².